The highest BCUT2D eigenvalue weighted by atomic mass is 32.1. The molecule has 2 amide bonds. The van der Waals surface area contributed by atoms with Gasteiger partial charge in [-0.3, -0.25) is 20.4 Å². The molecular weight excluding hydrogens is 434 g/mol. The topological polar surface area (TPSA) is 115 Å². The molecule has 0 bridgehead atoms. The highest BCUT2D eigenvalue weighted by molar-refractivity contribution is 7.80. The second-order valence-corrected chi connectivity index (χ2v) is 6.93. The lowest BCUT2D eigenvalue weighted by Gasteiger charge is -2.12. The summed E-state index contributed by atoms with van der Waals surface area (Å²) in [7, 11) is 1.56. The van der Waals surface area contributed by atoms with E-state index in [1.165, 1.54) is 0 Å². The molecule has 2 rings (SSSR count). The minimum absolute atomic E-state index is 0.0493. The number of esters is 1. The van der Waals surface area contributed by atoms with Crippen molar-refractivity contribution in [3.8, 4) is 11.5 Å². The van der Waals surface area contributed by atoms with Crippen LogP contribution >= 0.6 is 12.2 Å². The number of rotatable bonds is 9. The SMILES string of the molecule is CCCOC(=O)c1ccc(OCC(=O)NNC(=S)NC(=O)Cc2ccc(OC)cc2)cc1. The van der Waals surface area contributed by atoms with Crippen molar-refractivity contribution in [2.75, 3.05) is 20.3 Å². The van der Waals surface area contributed by atoms with Gasteiger partial charge in [0, 0.05) is 0 Å². The van der Waals surface area contributed by atoms with Crippen molar-refractivity contribution in [1.82, 2.24) is 16.2 Å². The standard InChI is InChI=1S/C22H25N3O6S/c1-3-12-30-21(28)16-6-10-18(11-7-16)31-14-20(27)24-25-22(32)23-19(26)13-15-4-8-17(29-2)9-5-15/h4-11H,3,12-14H2,1-2H3,(H,24,27)(H2,23,25,26,32). The largest absolute Gasteiger partial charge is 0.497 e. The number of ether oxygens (including phenoxy) is 3. The quantitative estimate of drug-likeness (QED) is 0.296. The summed E-state index contributed by atoms with van der Waals surface area (Å²) in [6, 6.07) is 13.3. The average molecular weight is 460 g/mol. The van der Waals surface area contributed by atoms with Crippen LogP contribution in [-0.4, -0.2) is 43.2 Å². The maximum atomic E-state index is 12.0. The first-order chi connectivity index (χ1) is 15.4. The van der Waals surface area contributed by atoms with Crippen molar-refractivity contribution in [2.24, 2.45) is 0 Å². The van der Waals surface area contributed by atoms with Crippen molar-refractivity contribution in [1.29, 1.82) is 0 Å². The van der Waals surface area contributed by atoms with Crippen LogP contribution in [0.2, 0.25) is 0 Å². The lowest BCUT2D eigenvalue weighted by molar-refractivity contribution is -0.124. The summed E-state index contributed by atoms with van der Waals surface area (Å²) in [5.41, 5.74) is 5.95. The zero-order valence-corrected chi connectivity index (χ0v) is 18.6. The molecule has 3 N–H and O–H groups in total. The number of carbonyl (C=O) groups excluding carboxylic acids is 3. The van der Waals surface area contributed by atoms with Gasteiger partial charge in [0.25, 0.3) is 5.91 Å². The zero-order chi connectivity index (χ0) is 23.3. The Morgan fingerprint density at radius 3 is 2.19 bits per heavy atom. The number of methoxy groups -OCH3 is 1. The Morgan fingerprint density at radius 1 is 0.906 bits per heavy atom. The van der Waals surface area contributed by atoms with Crippen LogP contribution in [-0.2, 0) is 20.7 Å². The molecule has 0 saturated carbocycles. The Bertz CT molecular complexity index is 932. The molecule has 10 heteroatoms. The molecule has 0 aromatic heterocycles. The Kier molecular flexibility index (Phi) is 9.92. The minimum atomic E-state index is -0.511. The van der Waals surface area contributed by atoms with Gasteiger partial charge in [0.1, 0.15) is 11.5 Å². The van der Waals surface area contributed by atoms with Crippen LogP contribution in [0.25, 0.3) is 0 Å². The number of nitrogens with one attached hydrogen (secondary N) is 3. The third-order valence-corrected chi connectivity index (χ3v) is 4.19. The fourth-order valence-corrected chi connectivity index (χ4v) is 2.57. The number of hydrogen-bond donors (Lipinski definition) is 3. The Morgan fingerprint density at radius 2 is 1.56 bits per heavy atom. The summed E-state index contributed by atoms with van der Waals surface area (Å²) in [5.74, 6) is -0.161. The molecule has 0 unspecified atom stereocenters. The monoisotopic (exact) mass is 459 g/mol. The van der Waals surface area contributed by atoms with E-state index < -0.39 is 11.9 Å². The number of hydrazine groups is 1. The van der Waals surface area contributed by atoms with E-state index in [9.17, 15) is 14.4 Å². The third-order valence-electron chi connectivity index (χ3n) is 3.99. The Hall–Kier alpha value is -3.66. The van der Waals surface area contributed by atoms with Gasteiger partial charge in [-0.25, -0.2) is 4.79 Å². The average Bonchev–Trinajstić information content (AvgIpc) is 2.80. The molecular formula is C22H25N3O6S. The zero-order valence-electron chi connectivity index (χ0n) is 17.8. The van der Waals surface area contributed by atoms with Crippen LogP contribution in [0.1, 0.15) is 29.3 Å². The van der Waals surface area contributed by atoms with E-state index in [0.717, 1.165) is 12.0 Å². The summed E-state index contributed by atoms with van der Waals surface area (Å²) in [4.78, 5) is 35.7. The molecule has 0 fully saturated rings. The Labute approximate surface area is 191 Å². The fourth-order valence-electron chi connectivity index (χ4n) is 2.41. The van der Waals surface area contributed by atoms with Crippen LogP contribution in [0.15, 0.2) is 48.5 Å². The normalized spacial score (nSPS) is 9.94. The van der Waals surface area contributed by atoms with Crippen molar-refractivity contribution in [3.63, 3.8) is 0 Å². The van der Waals surface area contributed by atoms with E-state index in [0.29, 0.717) is 23.7 Å². The smallest absolute Gasteiger partial charge is 0.338 e. The van der Waals surface area contributed by atoms with Gasteiger partial charge in [0.05, 0.1) is 25.7 Å². The maximum Gasteiger partial charge on any atom is 0.338 e. The second-order valence-electron chi connectivity index (χ2n) is 6.52. The second kappa shape index (κ2) is 12.9. The van der Waals surface area contributed by atoms with Gasteiger partial charge in [-0.2, -0.15) is 0 Å². The highest BCUT2D eigenvalue weighted by Crippen LogP contribution is 2.13. The molecule has 9 nitrogen and oxygen atoms in total. The van der Waals surface area contributed by atoms with Crippen LogP contribution in [0, 0.1) is 0 Å². The molecule has 2 aromatic carbocycles. The Balaban J connectivity index is 1.68. The maximum absolute atomic E-state index is 12.0. The lowest BCUT2D eigenvalue weighted by atomic mass is 10.1. The van der Waals surface area contributed by atoms with Crippen LogP contribution < -0.4 is 25.6 Å². The molecule has 2 aromatic rings. The van der Waals surface area contributed by atoms with Gasteiger partial charge < -0.3 is 19.5 Å². The molecule has 0 aliphatic carbocycles. The molecule has 32 heavy (non-hydrogen) atoms. The molecule has 0 saturated heterocycles. The first-order valence-corrected chi connectivity index (χ1v) is 10.2. The lowest BCUT2D eigenvalue weighted by Crippen LogP contribution is -2.49. The van der Waals surface area contributed by atoms with Crippen molar-refractivity contribution in [3.05, 3.63) is 59.7 Å². The summed E-state index contributed by atoms with van der Waals surface area (Å²) < 4.78 is 15.5. The third kappa shape index (κ3) is 8.60. The summed E-state index contributed by atoms with van der Waals surface area (Å²) in [5, 5.41) is 2.42. The fraction of sp³-hybridized carbons (Fsp3) is 0.273. The highest BCUT2D eigenvalue weighted by Gasteiger charge is 2.09. The van der Waals surface area contributed by atoms with Gasteiger partial charge >= 0.3 is 5.97 Å². The van der Waals surface area contributed by atoms with E-state index in [4.69, 9.17) is 26.4 Å². The van der Waals surface area contributed by atoms with Crippen molar-refractivity contribution >= 4 is 35.1 Å². The van der Waals surface area contributed by atoms with Crippen LogP contribution in [0.3, 0.4) is 0 Å². The first-order valence-electron chi connectivity index (χ1n) is 9.82. The number of amides is 2. The van der Waals surface area contributed by atoms with Crippen molar-refractivity contribution in [2.45, 2.75) is 19.8 Å². The first kappa shape index (κ1) is 24.6. The molecule has 0 aliphatic rings. The molecule has 170 valence electrons. The van der Waals surface area contributed by atoms with Gasteiger partial charge in [0.2, 0.25) is 5.91 Å². The summed E-state index contributed by atoms with van der Waals surface area (Å²) in [6.45, 7) is 1.97. The van der Waals surface area contributed by atoms with Crippen LogP contribution in [0.4, 0.5) is 0 Å². The van der Waals surface area contributed by atoms with E-state index in [2.05, 4.69) is 16.2 Å². The van der Waals surface area contributed by atoms with E-state index in [1.807, 2.05) is 6.92 Å². The van der Waals surface area contributed by atoms with Gasteiger partial charge in [-0.1, -0.05) is 19.1 Å². The number of thiocarbonyl (C=S) groups is 1. The molecule has 0 atom stereocenters. The molecule has 0 radical (unpaired) electrons. The van der Waals surface area contributed by atoms with Crippen LogP contribution in [0.5, 0.6) is 11.5 Å². The summed E-state index contributed by atoms with van der Waals surface area (Å²) in [6.07, 6.45) is 0.858. The summed E-state index contributed by atoms with van der Waals surface area (Å²) >= 11 is 4.99. The molecule has 0 aliphatic heterocycles. The number of hydrogen-bond acceptors (Lipinski definition) is 7. The molecule has 0 spiro atoms. The van der Waals surface area contributed by atoms with Gasteiger partial charge in [0.15, 0.2) is 11.7 Å². The van der Waals surface area contributed by atoms with E-state index in [-0.39, 0.29) is 24.0 Å². The van der Waals surface area contributed by atoms with E-state index in [1.54, 1.807) is 55.6 Å². The van der Waals surface area contributed by atoms with Crippen molar-refractivity contribution < 1.29 is 28.6 Å². The minimum Gasteiger partial charge on any atom is -0.497 e. The predicted molar refractivity (Wildman–Crippen MR) is 121 cm³/mol. The predicted octanol–water partition coefficient (Wildman–Crippen LogP) is 1.91. The van der Waals surface area contributed by atoms with E-state index >= 15 is 0 Å². The molecule has 0 heterocycles. The number of carbonyl (C=O) groups is 3. The van der Waals surface area contributed by atoms with Gasteiger partial charge in [-0.05, 0) is 60.6 Å². The number of benzene rings is 2. The van der Waals surface area contributed by atoms with Gasteiger partial charge in [-0.15, -0.1) is 0 Å².